The van der Waals surface area contributed by atoms with E-state index in [-0.39, 0.29) is 5.91 Å². The van der Waals surface area contributed by atoms with Gasteiger partial charge in [-0.05, 0) is 43.5 Å². The van der Waals surface area contributed by atoms with Gasteiger partial charge in [-0.3, -0.25) is 10.2 Å². The van der Waals surface area contributed by atoms with Crippen LogP contribution in [0.2, 0.25) is 0 Å². The first-order valence-electron chi connectivity index (χ1n) is 7.55. The third-order valence-corrected chi connectivity index (χ3v) is 3.80. The molecule has 6 nitrogen and oxygen atoms in total. The highest BCUT2D eigenvalue weighted by atomic mass is 35.5. The number of alkyl halides is 1. The Morgan fingerprint density at radius 3 is 2.88 bits per heavy atom. The van der Waals surface area contributed by atoms with Crippen molar-refractivity contribution in [3.05, 3.63) is 47.6 Å². The predicted molar refractivity (Wildman–Crippen MR) is 95.1 cm³/mol. The van der Waals surface area contributed by atoms with Crippen molar-refractivity contribution in [1.29, 1.82) is 0 Å². The number of aryl methyl sites for hydroxylation is 1. The predicted octanol–water partition coefficient (Wildman–Crippen LogP) is 2.58. The van der Waals surface area contributed by atoms with Gasteiger partial charge in [0.1, 0.15) is 5.75 Å². The van der Waals surface area contributed by atoms with Crippen LogP contribution in [-0.2, 0) is 4.79 Å². The topological polar surface area (TPSA) is 82.2 Å². The molecule has 0 saturated carbocycles. The van der Waals surface area contributed by atoms with E-state index in [1.807, 2.05) is 35.9 Å². The maximum absolute atomic E-state index is 11.9. The fourth-order valence-electron chi connectivity index (χ4n) is 2.35. The van der Waals surface area contributed by atoms with Gasteiger partial charge < -0.3 is 9.30 Å². The standard InChI is InChI=1S/C17H21ClN4O2/c1-12-10-22(11-20-12)15-6-5-13(9-16(15)24-2)8-14(4-3-7-18)17(23)21-19/h5-6,8-11H,3-4,7,19H2,1-2H3,(H,21,23)/b14-8+. The fraction of sp³-hybridized carbons (Fsp3) is 0.294. The molecular formula is C17H21ClN4O2. The molecule has 0 bridgehead atoms. The monoisotopic (exact) mass is 348 g/mol. The van der Waals surface area contributed by atoms with Gasteiger partial charge >= 0.3 is 0 Å². The number of hydrazine groups is 1. The van der Waals surface area contributed by atoms with Crippen molar-refractivity contribution in [2.75, 3.05) is 13.0 Å². The van der Waals surface area contributed by atoms with Gasteiger partial charge in [0.25, 0.3) is 5.91 Å². The first-order chi connectivity index (χ1) is 11.6. The number of benzene rings is 1. The lowest BCUT2D eigenvalue weighted by Crippen LogP contribution is -2.31. The second-order valence-corrected chi connectivity index (χ2v) is 5.67. The molecule has 1 heterocycles. The number of halogens is 1. The molecule has 2 aromatic rings. The molecule has 24 heavy (non-hydrogen) atoms. The molecule has 0 aliphatic heterocycles. The summed E-state index contributed by atoms with van der Waals surface area (Å²) in [6, 6.07) is 5.71. The van der Waals surface area contributed by atoms with Crippen LogP contribution < -0.4 is 16.0 Å². The summed E-state index contributed by atoms with van der Waals surface area (Å²) >= 11 is 5.72. The molecule has 0 saturated heterocycles. The molecule has 0 unspecified atom stereocenters. The first kappa shape index (κ1) is 18.0. The SMILES string of the molecule is COc1cc(/C=C(\CCCCl)C(=O)NN)ccc1-n1cnc(C)c1. The van der Waals surface area contributed by atoms with Crippen LogP contribution in [0.4, 0.5) is 0 Å². The van der Waals surface area contributed by atoms with Crippen molar-refractivity contribution >= 4 is 23.6 Å². The van der Waals surface area contributed by atoms with Crippen molar-refractivity contribution in [2.24, 2.45) is 5.84 Å². The summed E-state index contributed by atoms with van der Waals surface area (Å²) < 4.78 is 7.37. The number of nitrogens with zero attached hydrogens (tertiary/aromatic N) is 2. The zero-order valence-electron chi connectivity index (χ0n) is 13.8. The van der Waals surface area contributed by atoms with E-state index < -0.39 is 0 Å². The van der Waals surface area contributed by atoms with E-state index >= 15 is 0 Å². The zero-order valence-corrected chi connectivity index (χ0v) is 14.5. The minimum absolute atomic E-state index is 0.312. The third kappa shape index (κ3) is 4.37. The van der Waals surface area contributed by atoms with Crippen LogP contribution in [0.3, 0.4) is 0 Å². The normalized spacial score (nSPS) is 11.4. The Morgan fingerprint density at radius 1 is 1.50 bits per heavy atom. The number of carbonyl (C=O) groups is 1. The summed E-state index contributed by atoms with van der Waals surface area (Å²) in [6.45, 7) is 1.93. The Bertz CT molecular complexity index is 740. The summed E-state index contributed by atoms with van der Waals surface area (Å²) in [7, 11) is 1.61. The van der Waals surface area contributed by atoms with Crippen molar-refractivity contribution < 1.29 is 9.53 Å². The average Bonchev–Trinajstić information content (AvgIpc) is 3.03. The highest BCUT2D eigenvalue weighted by Gasteiger charge is 2.10. The average molecular weight is 349 g/mol. The second-order valence-electron chi connectivity index (χ2n) is 5.29. The first-order valence-corrected chi connectivity index (χ1v) is 8.09. The number of rotatable bonds is 7. The minimum Gasteiger partial charge on any atom is -0.495 e. The summed E-state index contributed by atoms with van der Waals surface area (Å²) in [5, 5.41) is 0. The van der Waals surface area contributed by atoms with E-state index in [4.69, 9.17) is 22.2 Å². The number of aromatic nitrogens is 2. The molecule has 3 N–H and O–H groups in total. The molecule has 1 aromatic carbocycles. The zero-order chi connectivity index (χ0) is 17.5. The van der Waals surface area contributed by atoms with Crippen molar-refractivity contribution in [3.8, 4) is 11.4 Å². The van der Waals surface area contributed by atoms with Gasteiger partial charge in [0, 0.05) is 17.6 Å². The number of ether oxygens (including phenoxy) is 1. The summed E-state index contributed by atoms with van der Waals surface area (Å²) in [6.07, 6.45) is 6.69. The van der Waals surface area contributed by atoms with Crippen LogP contribution in [0.15, 0.2) is 36.3 Å². The van der Waals surface area contributed by atoms with Crippen LogP contribution in [0.5, 0.6) is 5.75 Å². The van der Waals surface area contributed by atoms with Crippen molar-refractivity contribution in [2.45, 2.75) is 19.8 Å². The molecule has 0 atom stereocenters. The van der Waals surface area contributed by atoms with Crippen LogP contribution >= 0.6 is 11.6 Å². The van der Waals surface area contributed by atoms with Crippen LogP contribution in [0.1, 0.15) is 24.1 Å². The van der Waals surface area contributed by atoms with E-state index in [0.717, 1.165) is 16.9 Å². The van der Waals surface area contributed by atoms with E-state index in [1.54, 1.807) is 19.5 Å². The lowest BCUT2D eigenvalue weighted by atomic mass is 10.1. The lowest BCUT2D eigenvalue weighted by molar-refractivity contribution is -0.117. The molecule has 1 amide bonds. The molecule has 7 heteroatoms. The highest BCUT2D eigenvalue weighted by Crippen LogP contribution is 2.26. The van der Waals surface area contributed by atoms with E-state index in [2.05, 4.69) is 10.4 Å². The van der Waals surface area contributed by atoms with Gasteiger partial charge in [-0.15, -0.1) is 11.6 Å². The number of amides is 1. The smallest absolute Gasteiger partial charge is 0.261 e. The van der Waals surface area contributed by atoms with Gasteiger partial charge in [-0.1, -0.05) is 6.07 Å². The van der Waals surface area contributed by atoms with Crippen LogP contribution in [0.25, 0.3) is 11.8 Å². The maximum atomic E-state index is 11.9. The molecule has 128 valence electrons. The largest absolute Gasteiger partial charge is 0.495 e. The number of carbonyl (C=O) groups excluding carboxylic acids is 1. The molecule has 0 fully saturated rings. The van der Waals surface area contributed by atoms with E-state index in [9.17, 15) is 4.79 Å². The summed E-state index contributed by atoms with van der Waals surface area (Å²) in [5.41, 5.74) is 5.39. The summed E-state index contributed by atoms with van der Waals surface area (Å²) in [5.74, 6) is 6.11. The molecule has 2 rings (SSSR count). The number of nitrogens with one attached hydrogen (secondary N) is 1. The molecule has 0 aliphatic carbocycles. The number of hydrogen-bond acceptors (Lipinski definition) is 4. The highest BCUT2D eigenvalue weighted by molar-refractivity contribution is 6.17. The van der Waals surface area contributed by atoms with Crippen LogP contribution in [0, 0.1) is 6.92 Å². The molecular weight excluding hydrogens is 328 g/mol. The quantitative estimate of drug-likeness (QED) is 0.265. The van der Waals surface area contributed by atoms with Gasteiger partial charge in [0.2, 0.25) is 0 Å². The number of methoxy groups -OCH3 is 1. The maximum Gasteiger partial charge on any atom is 0.261 e. The Labute approximate surface area is 146 Å². The fourth-order valence-corrected chi connectivity index (χ4v) is 2.49. The van der Waals surface area contributed by atoms with E-state index in [1.165, 1.54) is 0 Å². The number of imidazole rings is 1. The van der Waals surface area contributed by atoms with Gasteiger partial charge in [-0.2, -0.15) is 0 Å². The van der Waals surface area contributed by atoms with Crippen molar-refractivity contribution in [3.63, 3.8) is 0 Å². The number of nitrogens with two attached hydrogens (primary N) is 1. The lowest BCUT2D eigenvalue weighted by Gasteiger charge is -2.11. The van der Waals surface area contributed by atoms with Gasteiger partial charge in [-0.25, -0.2) is 10.8 Å². The second kappa shape index (κ2) is 8.52. The molecule has 0 spiro atoms. The van der Waals surface area contributed by atoms with Crippen LogP contribution in [-0.4, -0.2) is 28.4 Å². The number of hydrogen-bond donors (Lipinski definition) is 2. The van der Waals surface area contributed by atoms with E-state index in [0.29, 0.717) is 30.0 Å². The Kier molecular flexibility index (Phi) is 6.40. The Hall–Kier alpha value is -2.31. The molecule has 0 radical (unpaired) electrons. The van der Waals surface area contributed by atoms with Crippen molar-refractivity contribution in [1.82, 2.24) is 15.0 Å². The van der Waals surface area contributed by atoms with Gasteiger partial charge in [0.05, 0.1) is 24.8 Å². The Balaban J connectivity index is 2.36. The summed E-state index contributed by atoms with van der Waals surface area (Å²) in [4.78, 5) is 16.1. The third-order valence-electron chi connectivity index (χ3n) is 3.54. The molecule has 0 aliphatic rings. The minimum atomic E-state index is -0.312. The Morgan fingerprint density at radius 2 is 2.29 bits per heavy atom. The van der Waals surface area contributed by atoms with Gasteiger partial charge in [0.15, 0.2) is 0 Å². The molecule has 1 aromatic heterocycles.